The van der Waals surface area contributed by atoms with E-state index in [1.807, 2.05) is 12.1 Å². The molecule has 1 rings (SSSR count). The molecule has 0 amide bonds. The van der Waals surface area contributed by atoms with Crippen molar-refractivity contribution in [2.24, 2.45) is 0 Å². The molecule has 0 aliphatic heterocycles. The SMILES string of the molecule is CCCC(Br)CCc1ccc(F)c(Br)c1. The minimum absolute atomic E-state index is 0.192. The molecule has 0 heterocycles. The van der Waals surface area contributed by atoms with Gasteiger partial charge in [0.2, 0.25) is 0 Å². The predicted octanol–water partition coefficient (Wildman–Crippen LogP) is 5.08. The van der Waals surface area contributed by atoms with Gasteiger partial charge in [0.1, 0.15) is 5.82 Å². The fraction of sp³-hybridized carbons (Fsp3) is 0.500. The van der Waals surface area contributed by atoms with Gasteiger partial charge < -0.3 is 0 Å². The molecular weight excluding hydrogens is 323 g/mol. The minimum atomic E-state index is -0.192. The third-order valence-corrected chi connectivity index (χ3v) is 3.86. The van der Waals surface area contributed by atoms with E-state index in [4.69, 9.17) is 0 Å². The van der Waals surface area contributed by atoms with E-state index in [0.29, 0.717) is 9.30 Å². The predicted molar refractivity (Wildman–Crippen MR) is 70.0 cm³/mol. The zero-order valence-electron chi connectivity index (χ0n) is 8.77. The van der Waals surface area contributed by atoms with Crippen LogP contribution in [0.1, 0.15) is 31.7 Å². The van der Waals surface area contributed by atoms with Crippen LogP contribution >= 0.6 is 31.9 Å². The molecule has 0 saturated carbocycles. The number of rotatable bonds is 5. The van der Waals surface area contributed by atoms with Crippen LogP contribution in [0.25, 0.3) is 0 Å². The summed E-state index contributed by atoms with van der Waals surface area (Å²) in [4.78, 5) is 0.575. The molecule has 0 nitrogen and oxygen atoms in total. The van der Waals surface area contributed by atoms with Gasteiger partial charge in [-0.2, -0.15) is 0 Å². The van der Waals surface area contributed by atoms with Crippen molar-refractivity contribution in [3.8, 4) is 0 Å². The van der Waals surface area contributed by atoms with Crippen molar-refractivity contribution >= 4 is 31.9 Å². The van der Waals surface area contributed by atoms with E-state index in [1.54, 1.807) is 0 Å². The Labute approximate surface area is 108 Å². The highest BCUT2D eigenvalue weighted by molar-refractivity contribution is 9.10. The second-order valence-corrected chi connectivity index (χ2v) is 5.82. The highest BCUT2D eigenvalue weighted by Crippen LogP contribution is 2.20. The smallest absolute Gasteiger partial charge is 0.137 e. The molecular formula is C12H15Br2F. The quantitative estimate of drug-likeness (QED) is 0.657. The van der Waals surface area contributed by atoms with Crippen LogP contribution in [0.5, 0.6) is 0 Å². The van der Waals surface area contributed by atoms with E-state index in [0.717, 1.165) is 12.8 Å². The van der Waals surface area contributed by atoms with Gasteiger partial charge in [-0.05, 0) is 52.9 Å². The Morgan fingerprint density at radius 3 is 2.67 bits per heavy atom. The summed E-state index contributed by atoms with van der Waals surface area (Å²) in [5.41, 5.74) is 1.18. The third kappa shape index (κ3) is 4.64. The first-order valence-electron chi connectivity index (χ1n) is 5.21. The van der Waals surface area contributed by atoms with Crippen LogP contribution in [0.4, 0.5) is 4.39 Å². The lowest BCUT2D eigenvalue weighted by molar-refractivity contribution is 0.619. The first-order chi connectivity index (χ1) is 7.13. The van der Waals surface area contributed by atoms with Crippen LogP contribution in [0, 0.1) is 5.82 Å². The Balaban J connectivity index is 2.47. The fourth-order valence-electron chi connectivity index (χ4n) is 1.48. The molecule has 0 fully saturated rings. The van der Waals surface area contributed by atoms with Gasteiger partial charge in [-0.1, -0.05) is 35.3 Å². The molecule has 0 radical (unpaired) electrons. The maximum absolute atomic E-state index is 13.0. The Morgan fingerprint density at radius 2 is 2.07 bits per heavy atom. The summed E-state index contributed by atoms with van der Waals surface area (Å²) in [6.45, 7) is 2.18. The molecule has 1 aromatic rings. The van der Waals surface area contributed by atoms with Gasteiger partial charge in [-0.15, -0.1) is 0 Å². The topological polar surface area (TPSA) is 0 Å². The van der Waals surface area contributed by atoms with Crippen molar-refractivity contribution in [3.05, 3.63) is 34.1 Å². The number of hydrogen-bond acceptors (Lipinski definition) is 0. The zero-order chi connectivity index (χ0) is 11.3. The van der Waals surface area contributed by atoms with Crippen molar-refractivity contribution in [1.29, 1.82) is 0 Å². The third-order valence-electron chi connectivity index (χ3n) is 2.33. The molecule has 3 heteroatoms. The van der Waals surface area contributed by atoms with Crippen molar-refractivity contribution < 1.29 is 4.39 Å². The molecule has 84 valence electrons. The van der Waals surface area contributed by atoms with Crippen LogP contribution in [0.15, 0.2) is 22.7 Å². The molecule has 0 aliphatic carbocycles. The molecule has 0 saturated heterocycles. The summed E-state index contributed by atoms with van der Waals surface area (Å²) < 4.78 is 13.5. The van der Waals surface area contributed by atoms with E-state index in [1.165, 1.54) is 24.5 Å². The standard InChI is InChI=1S/C12H15Br2F/c1-2-3-10(13)6-4-9-5-7-12(15)11(14)8-9/h5,7-8,10H,2-4,6H2,1H3. The zero-order valence-corrected chi connectivity index (χ0v) is 11.9. The van der Waals surface area contributed by atoms with Crippen LogP contribution in [0.2, 0.25) is 0 Å². The lowest BCUT2D eigenvalue weighted by Crippen LogP contribution is -1.99. The van der Waals surface area contributed by atoms with Gasteiger partial charge in [0, 0.05) is 4.83 Å². The second-order valence-electron chi connectivity index (χ2n) is 3.67. The van der Waals surface area contributed by atoms with Crippen LogP contribution in [0.3, 0.4) is 0 Å². The van der Waals surface area contributed by atoms with E-state index in [-0.39, 0.29) is 5.82 Å². The summed E-state index contributed by atoms with van der Waals surface area (Å²) in [5, 5.41) is 0. The van der Waals surface area contributed by atoms with Gasteiger partial charge in [0.05, 0.1) is 4.47 Å². The summed E-state index contributed by atoms with van der Waals surface area (Å²) in [7, 11) is 0. The van der Waals surface area contributed by atoms with Crippen LogP contribution in [-0.4, -0.2) is 4.83 Å². The molecule has 15 heavy (non-hydrogen) atoms. The van der Waals surface area contributed by atoms with Crippen molar-refractivity contribution in [2.75, 3.05) is 0 Å². The van der Waals surface area contributed by atoms with Crippen LogP contribution in [-0.2, 0) is 6.42 Å². The van der Waals surface area contributed by atoms with E-state index in [9.17, 15) is 4.39 Å². The van der Waals surface area contributed by atoms with Gasteiger partial charge >= 0.3 is 0 Å². The monoisotopic (exact) mass is 336 g/mol. The van der Waals surface area contributed by atoms with Gasteiger partial charge in [0.25, 0.3) is 0 Å². The molecule has 0 bridgehead atoms. The molecule has 1 aromatic carbocycles. The minimum Gasteiger partial charge on any atom is -0.206 e. The van der Waals surface area contributed by atoms with Gasteiger partial charge in [0.15, 0.2) is 0 Å². The van der Waals surface area contributed by atoms with E-state index < -0.39 is 0 Å². The highest BCUT2D eigenvalue weighted by atomic mass is 79.9. The van der Waals surface area contributed by atoms with E-state index in [2.05, 4.69) is 38.8 Å². The summed E-state index contributed by atoms with van der Waals surface area (Å²) in [6.07, 6.45) is 4.49. The lowest BCUT2D eigenvalue weighted by Gasteiger charge is -2.08. The van der Waals surface area contributed by atoms with Crippen molar-refractivity contribution in [2.45, 2.75) is 37.4 Å². The van der Waals surface area contributed by atoms with Gasteiger partial charge in [-0.25, -0.2) is 4.39 Å². The lowest BCUT2D eigenvalue weighted by atomic mass is 10.1. The maximum atomic E-state index is 13.0. The second kappa shape index (κ2) is 6.64. The Hall–Kier alpha value is 0.110. The largest absolute Gasteiger partial charge is 0.206 e. The summed E-state index contributed by atoms with van der Waals surface area (Å²) in [5.74, 6) is -0.192. The molecule has 0 aliphatic rings. The van der Waals surface area contributed by atoms with Crippen molar-refractivity contribution in [3.63, 3.8) is 0 Å². The Kier molecular flexibility index (Phi) is 5.83. The number of hydrogen-bond donors (Lipinski definition) is 0. The molecule has 0 aromatic heterocycles. The molecule has 0 N–H and O–H groups in total. The molecule has 0 spiro atoms. The van der Waals surface area contributed by atoms with Crippen LogP contribution < -0.4 is 0 Å². The van der Waals surface area contributed by atoms with Crippen molar-refractivity contribution in [1.82, 2.24) is 0 Å². The number of benzene rings is 1. The fourth-order valence-corrected chi connectivity index (χ4v) is 2.59. The van der Waals surface area contributed by atoms with Gasteiger partial charge in [-0.3, -0.25) is 0 Å². The summed E-state index contributed by atoms with van der Waals surface area (Å²) in [6, 6.07) is 5.23. The average molecular weight is 338 g/mol. The number of alkyl halides is 1. The first kappa shape index (κ1) is 13.2. The normalized spacial score (nSPS) is 12.8. The average Bonchev–Trinajstić information content (AvgIpc) is 2.20. The number of aryl methyl sites for hydroxylation is 1. The Bertz CT molecular complexity index is 312. The maximum Gasteiger partial charge on any atom is 0.137 e. The summed E-state index contributed by atoms with van der Waals surface area (Å²) >= 11 is 6.84. The number of halogens is 3. The first-order valence-corrected chi connectivity index (χ1v) is 6.92. The van der Waals surface area contributed by atoms with E-state index >= 15 is 0 Å². The molecule has 1 unspecified atom stereocenters. The highest BCUT2D eigenvalue weighted by Gasteiger charge is 2.05. The molecule has 1 atom stereocenters. The Morgan fingerprint density at radius 1 is 1.33 bits per heavy atom.